The van der Waals surface area contributed by atoms with Crippen LogP contribution in [0.3, 0.4) is 0 Å². The third-order valence-electron chi connectivity index (χ3n) is 4.19. The van der Waals surface area contributed by atoms with Crippen molar-refractivity contribution in [1.29, 1.82) is 0 Å². The van der Waals surface area contributed by atoms with Gasteiger partial charge in [-0.3, -0.25) is 4.79 Å². The second-order valence-corrected chi connectivity index (χ2v) is 7.42. The monoisotopic (exact) mass is 403 g/mol. The van der Waals surface area contributed by atoms with Gasteiger partial charge in [-0.25, -0.2) is 4.99 Å². The van der Waals surface area contributed by atoms with Gasteiger partial charge >= 0.3 is 0 Å². The summed E-state index contributed by atoms with van der Waals surface area (Å²) in [4.78, 5) is 28.0. The van der Waals surface area contributed by atoms with Crippen LogP contribution in [0.15, 0.2) is 75.0 Å². The average Bonchev–Trinajstić information content (AvgIpc) is 3.29. The Bertz CT molecular complexity index is 1160. The normalized spacial score (nSPS) is 16.4. The molecule has 0 radical (unpaired) electrons. The number of amidine groups is 1. The number of thioether (sulfide) groups is 1. The van der Waals surface area contributed by atoms with Crippen LogP contribution in [0.4, 0.5) is 5.69 Å². The van der Waals surface area contributed by atoms with E-state index >= 15 is 0 Å². The van der Waals surface area contributed by atoms with E-state index in [2.05, 4.69) is 10.3 Å². The average molecular weight is 403 g/mol. The molecule has 4 rings (SSSR count). The summed E-state index contributed by atoms with van der Waals surface area (Å²) in [5.41, 5.74) is 2.69. The number of hydrogen-bond acceptors (Lipinski definition) is 6. The molecule has 1 saturated heterocycles. The number of carboxylic acids is 1. The van der Waals surface area contributed by atoms with E-state index in [0.29, 0.717) is 21.6 Å². The summed E-state index contributed by atoms with van der Waals surface area (Å²) >= 11 is 1.24. The smallest absolute Gasteiger partial charge is 0.264 e. The molecule has 0 aliphatic carbocycles. The standard InChI is InChI=1S/C22H16N2O4S/c1-13-3-2-4-16(11-13)23-22-24-20(25)19(29-22)12-17-9-10-18(28-17)14-5-7-15(8-6-14)21(26)27/h2-12H,1H3,(H,26,27)(H,23,24,25)/p-1/b19-12+. The SMILES string of the molecule is Cc1cccc(N=C2NC(=O)/C(=C\c3ccc(-c4ccc(C(=O)[O-])cc4)o3)S2)c1. The van der Waals surface area contributed by atoms with E-state index in [0.717, 1.165) is 16.8 Å². The van der Waals surface area contributed by atoms with Crippen molar-refractivity contribution in [2.24, 2.45) is 4.99 Å². The highest BCUT2D eigenvalue weighted by atomic mass is 32.2. The molecule has 1 aliphatic rings. The van der Waals surface area contributed by atoms with Gasteiger partial charge in [0.25, 0.3) is 5.91 Å². The minimum Gasteiger partial charge on any atom is -0.545 e. The van der Waals surface area contributed by atoms with Gasteiger partial charge < -0.3 is 19.6 Å². The predicted octanol–water partition coefficient (Wildman–Crippen LogP) is 3.51. The summed E-state index contributed by atoms with van der Waals surface area (Å²) in [5.74, 6) is -0.385. The maximum absolute atomic E-state index is 12.2. The summed E-state index contributed by atoms with van der Waals surface area (Å²) < 4.78 is 5.78. The van der Waals surface area contributed by atoms with E-state index in [1.54, 1.807) is 30.3 Å². The van der Waals surface area contributed by atoms with Crippen molar-refractivity contribution in [2.45, 2.75) is 6.92 Å². The van der Waals surface area contributed by atoms with E-state index in [9.17, 15) is 14.7 Å². The molecule has 1 N–H and O–H groups in total. The number of carbonyl (C=O) groups is 2. The molecule has 3 aromatic rings. The highest BCUT2D eigenvalue weighted by Gasteiger charge is 2.24. The largest absolute Gasteiger partial charge is 0.545 e. The number of carbonyl (C=O) groups excluding carboxylic acids is 2. The predicted molar refractivity (Wildman–Crippen MR) is 110 cm³/mol. The first-order valence-electron chi connectivity index (χ1n) is 8.76. The Morgan fingerprint density at radius 2 is 1.93 bits per heavy atom. The van der Waals surface area contributed by atoms with Gasteiger partial charge in [-0.2, -0.15) is 0 Å². The number of carboxylic acid groups (broad SMARTS) is 1. The second kappa shape index (κ2) is 7.81. The zero-order valence-corrected chi connectivity index (χ0v) is 16.2. The fourth-order valence-electron chi connectivity index (χ4n) is 2.78. The van der Waals surface area contributed by atoms with Crippen LogP contribution in [-0.4, -0.2) is 17.0 Å². The third kappa shape index (κ3) is 4.30. The molecular formula is C22H15N2O4S-. The summed E-state index contributed by atoms with van der Waals surface area (Å²) in [6.07, 6.45) is 1.65. The zero-order chi connectivity index (χ0) is 20.4. The Balaban J connectivity index is 1.53. The maximum Gasteiger partial charge on any atom is 0.264 e. The van der Waals surface area contributed by atoms with Crippen molar-refractivity contribution in [3.8, 4) is 11.3 Å². The molecular weight excluding hydrogens is 388 g/mol. The summed E-state index contributed by atoms with van der Waals surface area (Å²) in [6, 6.07) is 17.4. The Morgan fingerprint density at radius 1 is 1.14 bits per heavy atom. The lowest BCUT2D eigenvalue weighted by molar-refractivity contribution is -0.255. The van der Waals surface area contributed by atoms with Gasteiger partial charge in [0.2, 0.25) is 0 Å². The molecule has 0 spiro atoms. The number of rotatable bonds is 4. The number of furan rings is 1. The third-order valence-corrected chi connectivity index (χ3v) is 5.10. The Labute approximate surface area is 171 Å². The van der Waals surface area contributed by atoms with Gasteiger partial charge in [0, 0.05) is 11.6 Å². The highest BCUT2D eigenvalue weighted by Crippen LogP contribution is 2.30. The summed E-state index contributed by atoms with van der Waals surface area (Å²) in [6.45, 7) is 1.98. The van der Waals surface area contributed by atoms with E-state index < -0.39 is 5.97 Å². The van der Waals surface area contributed by atoms with Crippen LogP contribution in [0.2, 0.25) is 0 Å². The number of aromatic carboxylic acids is 1. The Kier molecular flexibility index (Phi) is 5.05. The number of aliphatic imine (C=N–C) groups is 1. The number of nitrogens with one attached hydrogen (secondary N) is 1. The van der Waals surface area contributed by atoms with Crippen molar-refractivity contribution >= 4 is 40.6 Å². The quantitative estimate of drug-likeness (QED) is 0.673. The summed E-state index contributed by atoms with van der Waals surface area (Å²) in [7, 11) is 0. The molecule has 2 heterocycles. The maximum atomic E-state index is 12.2. The van der Waals surface area contributed by atoms with Crippen molar-refractivity contribution in [3.63, 3.8) is 0 Å². The van der Waals surface area contributed by atoms with Gasteiger partial charge in [0.1, 0.15) is 11.5 Å². The number of benzene rings is 2. The Hall–Kier alpha value is -3.58. The number of nitrogens with zero attached hydrogens (tertiary/aromatic N) is 1. The first-order chi connectivity index (χ1) is 14.0. The molecule has 1 fully saturated rings. The minimum atomic E-state index is -1.23. The van der Waals surface area contributed by atoms with E-state index in [1.807, 2.05) is 31.2 Å². The molecule has 0 bridgehead atoms. The van der Waals surface area contributed by atoms with Crippen molar-refractivity contribution in [3.05, 3.63) is 82.5 Å². The number of hydrogen-bond donors (Lipinski definition) is 1. The van der Waals surface area contributed by atoms with Crippen LogP contribution < -0.4 is 10.4 Å². The first-order valence-corrected chi connectivity index (χ1v) is 9.57. The molecule has 2 aromatic carbocycles. The fraction of sp³-hybridized carbons (Fsp3) is 0.0455. The second-order valence-electron chi connectivity index (χ2n) is 6.39. The number of amides is 1. The van der Waals surface area contributed by atoms with Gasteiger partial charge in [-0.1, -0.05) is 36.4 Å². The molecule has 1 aromatic heterocycles. The fourth-order valence-corrected chi connectivity index (χ4v) is 3.60. The summed E-state index contributed by atoms with van der Waals surface area (Å²) in [5, 5.41) is 14.1. The molecule has 0 saturated carbocycles. The lowest BCUT2D eigenvalue weighted by atomic mass is 10.1. The van der Waals surface area contributed by atoms with Crippen LogP contribution in [0.1, 0.15) is 21.7 Å². The molecule has 0 unspecified atom stereocenters. The van der Waals surface area contributed by atoms with Crippen LogP contribution >= 0.6 is 11.8 Å². The van der Waals surface area contributed by atoms with Gasteiger partial charge in [0.05, 0.1) is 16.6 Å². The van der Waals surface area contributed by atoms with Gasteiger partial charge in [-0.05, 0) is 54.1 Å². The zero-order valence-electron chi connectivity index (χ0n) is 15.3. The van der Waals surface area contributed by atoms with Crippen molar-refractivity contribution in [2.75, 3.05) is 0 Å². The van der Waals surface area contributed by atoms with Crippen LogP contribution in [0.5, 0.6) is 0 Å². The van der Waals surface area contributed by atoms with E-state index in [1.165, 1.54) is 23.9 Å². The number of aryl methyl sites for hydroxylation is 1. The topological polar surface area (TPSA) is 94.7 Å². The molecule has 1 amide bonds. The lowest BCUT2D eigenvalue weighted by Crippen LogP contribution is -2.21. The molecule has 0 atom stereocenters. The molecule has 6 nitrogen and oxygen atoms in total. The van der Waals surface area contributed by atoms with E-state index in [4.69, 9.17) is 4.42 Å². The van der Waals surface area contributed by atoms with Crippen molar-refractivity contribution < 1.29 is 19.1 Å². The minimum absolute atomic E-state index is 0.0992. The van der Waals surface area contributed by atoms with Gasteiger partial charge in [-0.15, -0.1) is 0 Å². The van der Waals surface area contributed by atoms with E-state index in [-0.39, 0.29) is 11.5 Å². The highest BCUT2D eigenvalue weighted by molar-refractivity contribution is 8.18. The molecule has 1 aliphatic heterocycles. The molecule has 29 heavy (non-hydrogen) atoms. The van der Waals surface area contributed by atoms with Gasteiger partial charge in [0.15, 0.2) is 5.17 Å². The first kappa shape index (κ1) is 18.8. The Morgan fingerprint density at radius 3 is 2.66 bits per heavy atom. The van der Waals surface area contributed by atoms with Crippen LogP contribution in [0, 0.1) is 6.92 Å². The molecule has 144 valence electrons. The lowest BCUT2D eigenvalue weighted by Gasteiger charge is -2.02. The van der Waals surface area contributed by atoms with Crippen LogP contribution in [0.25, 0.3) is 17.4 Å². The van der Waals surface area contributed by atoms with Crippen LogP contribution in [-0.2, 0) is 4.79 Å². The van der Waals surface area contributed by atoms with Crippen molar-refractivity contribution in [1.82, 2.24) is 5.32 Å². The molecule has 7 heteroatoms.